The Bertz CT molecular complexity index is 415. The Kier molecular flexibility index (Phi) is 5.75. The molecule has 1 heterocycles. The summed E-state index contributed by atoms with van der Waals surface area (Å²) < 4.78 is 31.8. The fourth-order valence-corrected chi connectivity index (χ4v) is 2.42. The molecule has 1 fully saturated rings. The van der Waals surface area contributed by atoms with Crippen molar-refractivity contribution in [2.75, 3.05) is 26.2 Å². The number of hydrogen-bond acceptors (Lipinski definition) is 7. The highest BCUT2D eigenvalue weighted by Gasteiger charge is 2.30. The van der Waals surface area contributed by atoms with Crippen LogP contribution in [0.5, 0.6) is 0 Å². The topological polar surface area (TPSA) is 93.2 Å². The number of thiol groups is 1. The number of carbonyl (C=O) groups excluding carboxylic acids is 2. The van der Waals surface area contributed by atoms with Crippen molar-refractivity contribution in [1.29, 1.82) is 0 Å². The van der Waals surface area contributed by atoms with E-state index in [4.69, 9.17) is 4.74 Å². The van der Waals surface area contributed by atoms with E-state index in [-0.39, 0.29) is 6.47 Å². The molecule has 9 heteroatoms. The van der Waals surface area contributed by atoms with Gasteiger partial charge < -0.3 is 14.4 Å². The average molecular weight is 308 g/mol. The molecule has 1 rings (SSSR count). The number of carbonyl (C=O) groups is 2. The maximum absolute atomic E-state index is 11.8. The van der Waals surface area contributed by atoms with Crippen LogP contribution in [0, 0.1) is 0 Å². The van der Waals surface area contributed by atoms with Crippen molar-refractivity contribution in [3.63, 3.8) is 0 Å². The third kappa shape index (κ3) is 4.97. The highest BCUT2D eigenvalue weighted by Crippen LogP contribution is 2.13. The van der Waals surface area contributed by atoms with E-state index in [1.165, 1.54) is 9.80 Å². The number of rotatable bonds is 4. The number of ether oxygens (including phenoxy) is 2. The van der Waals surface area contributed by atoms with E-state index < -0.39 is 28.0 Å². The van der Waals surface area contributed by atoms with Crippen LogP contribution in [-0.4, -0.2) is 68.1 Å². The van der Waals surface area contributed by atoms with E-state index in [1.807, 2.05) is 0 Å². The molecule has 0 spiro atoms. The van der Waals surface area contributed by atoms with Crippen molar-refractivity contribution in [2.45, 2.75) is 31.9 Å². The van der Waals surface area contributed by atoms with Gasteiger partial charge in [-0.25, -0.2) is 13.2 Å². The normalized spacial score (nSPS) is 18.7. The highest BCUT2D eigenvalue weighted by atomic mass is 32.2. The van der Waals surface area contributed by atoms with Gasteiger partial charge in [0.05, 0.1) is 0 Å². The van der Waals surface area contributed by atoms with Crippen molar-refractivity contribution in [3.8, 4) is 0 Å². The minimum absolute atomic E-state index is 0.107. The van der Waals surface area contributed by atoms with E-state index in [0.29, 0.717) is 26.2 Å². The van der Waals surface area contributed by atoms with Crippen molar-refractivity contribution in [2.24, 2.45) is 0 Å². The summed E-state index contributed by atoms with van der Waals surface area (Å²) in [5, 5.41) is 0. The predicted octanol–water partition coefficient (Wildman–Crippen LogP) is -0.393. The van der Waals surface area contributed by atoms with Crippen molar-refractivity contribution in [3.05, 3.63) is 0 Å². The first-order valence-electron chi connectivity index (χ1n) is 6.19. The molecule has 0 N–H and O–H groups in total. The summed E-state index contributed by atoms with van der Waals surface area (Å²) in [4.78, 5) is 25.1. The molecule has 0 aromatic heterocycles. The molecule has 20 heavy (non-hydrogen) atoms. The Labute approximate surface area is 119 Å². The minimum Gasteiger partial charge on any atom is -0.444 e. The Balaban J connectivity index is 2.54. The largest absolute Gasteiger partial charge is 0.444 e. The molecule has 1 amide bonds. The summed E-state index contributed by atoms with van der Waals surface area (Å²) in [5.41, 5.74) is -1.85. The van der Waals surface area contributed by atoms with E-state index in [9.17, 15) is 18.0 Å². The summed E-state index contributed by atoms with van der Waals surface area (Å²) in [6.07, 6.45) is -0.434. The van der Waals surface area contributed by atoms with Gasteiger partial charge in [-0.1, -0.05) is 0 Å². The van der Waals surface area contributed by atoms with Crippen molar-refractivity contribution < 1.29 is 27.5 Å². The zero-order chi connectivity index (χ0) is 15.3. The Morgan fingerprint density at radius 1 is 1.20 bits per heavy atom. The molecule has 0 radical (unpaired) electrons. The van der Waals surface area contributed by atoms with Crippen molar-refractivity contribution >= 4 is 23.3 Å². The summed E-state index contributed by atoms with van der Waals surface area (Å²) >= 11 is 0. The highest BCUT2D eigenvalue weighted by molar-refractivity contribution is 7.72. The zero-order valence-corrected chi connectivity index (χ0v) is 12.7. The van der Waals surface area contributed by atoms with Crippen LogP contribution in [-0.2, 0) is 25.0 Å². The molecule has 1 saturated heterocycles. The van der Waals surface area contributed by atoms with Gasteiger partial charge in [-0.05, 0) is 20.8 Å². The molecule has 116 valence electrons. The van der Waals surface area contributed by atoms with Gasteiger partial charge in [0.15, 0.2) is 10.7 Å². The van der Waals surface area contributed by atoms with Crippen LogP contribution in [0.25, 0.3) is 0 Å². The second-order valence-electron chi connectivity index (χ2n) is 5.35. The lowest BCUT2D eigenvalue weighted by atomic mass is 10.2. The van der Waals surface area contributed by atoms with Gasteiger partial charge in [0.25, 0.3) is 12.0 Å². The Morgan fingerprint density at radius 3 is 2.15 bits per heavy atom. The maximum atomic E-state index is 11.8. The van der Waals surface area contributed by atoms with E-state index >= 15 is 0 Å². The van der Waals surface area contributed by atoms with E-state index in [1.54, 1.807) is 20.8 Å². The monoisotopic (exact) mass is 308 g/mol. The molecule has 0 aromatic carbocycles. The predicted molar refractivity (Wildman–Crippen MR) is 70.6 cm³/mol. The number of piperazine rings is 1. The third-order valence-corrected chi connectivity index (χ3v) is 3.44. The lowest BCUT2D eigenvalue weighted by molar-refractivity contribution is -0.137. The fraction of sp³-hybridized carbons (Fsp3) is 0.818. The van der Waals surface area contributed by atoms with Gasteiger partial charge in [0, 0.05) is 26.2 Å². The summed E-state index contributed by atoms with van der Waals surface area (Å²) in [6, 6.07) is 0. The van der Waals surface area contributed by atoms with Gasteiger partial charge in [0.2, 0.25) is 0 Å². The SMILES string of the molecule is CC(C)(C)OC(=O)N1CCN([C@H](OC=O)[SH](=O)=O)CC1. The summed E-state index contributed by atoms with van der Waals surface area (Å²) in [5.74, 6) is 0. The molecule has 0 aliphatic carbocycles. The minimum atomic E-state index is -2.91. The fourth-order valence-electron chi connectivity index (χ4n) is 1.77. The molecular formula is C11H20N2O6S. The molecule has 8 nitrogen and oxygen atoms in total. The first-order chi connectivity index (χ1) is 9.24. The second-order valence-corrected chi connectivity index (χ2v) is 6.36. The maximum Gasteiger partial charge on any atom is 0.410 e. The first-order valence-corrected chi connectivity index (χ1v) is 7.44. The standard InChI is InChI=1S/C11H20N2O6S/c1-11(2,3)19-9(15)12-4-6-13(7-5-12)10(18-8-14)20(16)17/h8,10,20H,4-7H2,1-3H3/t10-/m1/s1. The van der Waals surface area contributed by atoms with Gasteiger partial charge in [0.1, 0.15) is 5.60 Å². The van der Waals surface area contributed by atoms with Crippen LogP contribution in [0.1, 0.15) is 20.8 Å². The van der Waals surface area contributed by atoms with Crippen molar-refractivity contribution in [1.82, 2.24) is 9.80 Å². The molecule has 0 bridgehead atoms. The Morgan fingerprint density at radius 2 is 1.75 bits per heavy atom. The molecular weight excluding hydrogens is 288 g/mol. The van der Waals surface area contributed by atoms with Gasteiger partial charge >= 0.3 is 6.09 Å². The van der Waals surface area contributed by atoms with Crippen LogP contribution in [0.15, 0.2) is 0 Å². The Hall–Kier alpha value is -1.35. The van der Waals surface area contributed by atoms with Crippen LogP contribution in [0.4, 0.5) is 4.79 Å². The van der Waals surface area contributed by atoms with Gasteiger partial charge in [-0.2, -0.15) is 0 Å². The third-order valence-electron chi connectivity index (χ3n) is 2.64. The summed E-state index contributed by atoms with van der Waals surface area (Å²) in [6.45, 7) is 6.65. The molecule has 0 unspecified atom stereocenters. The second kappa shape index (κ2) is 6.89. The quantitative estimate of drug-likeness (QED) is 0.558. The molecule has 0 saturated carbocycles. The van der Waals surface area contributed by atoms with Crippen LogP contribution < -0.4 is 0 Å². The lowest BCUT2D eigenvalue weighted by Crippen LogP contribution is -2.53. The van der Waals surface area contributed by atoms with Gasteiger partial charge in [-0.3, -0.25) is 9.69 Å². The smallest absolute Gasteiger partial charge is 0.410 e. The molecule has 1 atom stereocenters. The first kappa shape index (κ1) is 16.7. The van der Waals surface area contributed by atoms with Crippen LogP contribution in [0.2, 0.25) is 0 Å². The molecule has 1 aliphatic heterocycles. The van der Waals surface area contributed by atoms with Crippen LogP contribution >= 0.6 is 0 Å². The molecule has 1 aliphatic rings. The van der Waals surface area contributed by atoms with E-state index in [2.05, 4.69) is 4.74 Å². The zero-order valence-electron chi connectivity index (χ0n) is 11.8. The number of hydrogen-bond donors (Lipinski definition) is 1. The van der Waals surface area contributed by atoms with Gasteiger partial charge in [-0.15, -0.1) is 0 Å². The van der Waals surface area contributed by atoms with Crippen LogP contribution in [0.3, 0.4) is 0 Å². The lowest BCUT2D eigenvalue weighted by Gasteiger charge is -2.36. The van der Waals surface area contributed by atoms with E-state index in [0.717, 1.165) is 0 Å². The summed E-state index contributed by atoms with van der Waals surface area (Å²) in [7, 11) is -2.91. The number of nitrogens with zero attached hydrogens (tertiary/aromatic N) is 2. The average Bonchev–Trinajstić information content (AvgIpc) is 2.33. The number of amides is 1. The molecule has 0 aromatic rings.